The van der Waals surface area contributed by atoms with Crippen LogP contribution in [0.15, 0.2) is 45.4 Å². The summed E-state index contributed by atoms with van der Waals surface area (Å²) in [4.78, 5) is 10.9. The Morgan fingerprint density at radius 1 is 0.844 bits per heavy atom. The lowest BCUT2D eigenvalue weighted by Crippen LogP contribution is -1.95. The van der Waals surface area contributed by atoms with Gasteiger partial charge in [0.1, 0.15) is 23.0 Å². The number of aliphatic hydroxyl groups excluding tert-OH is 1. The lowest BCUT2D eigenvalue weighted by molar-refractivity contribution is -0.112. The molecule has 0 saturated heterocycles. The number of benzene rings is 2. The number of halogens is 2. The standard InChI is InChI=1S/C12H15BrO3.C12H13BrO3.H2/c2*1-8(14)4-5-10-11(15-2)6-9(13)7-12(10)16-3;/h4-8,14H,1-3H3;4-7H,1-3H3;1H/b2*5-4+;/t8-;;/m0../s1. The van der Waals surface area contributed by atoms with E-state index in [2.05, 4.69) is 31.9 Å². The molecule has 0 radical (unpaired) electrons. The third-order valence-corrected chi connectivity index (χ3v) is 4.96. The second kappa shape index (κ2) is 14.0. The molecular weight excluding hydrogens is 544 g/mol. The van der Waals surface area contributed by atoms with Gasteiger partial charge in [0.05, 0.1) is 45.7 Å². The van der Waals surface area contributed by atoms with Crippen LogP contribution in [-0.2, 0) is 4.79 Å². The van der Waals surface area contributed by atoms with Crippen molar-refractivity contribution < 1.29 is 30.3 Å². The number of ketones is 1. The quantitative estimate of drug-likeness (QED) is 0.380. The molecule has 0 aromatic heterocycles. The molecule has 32 heavy (non-hydrogen) atoms. The molecule has 1 atom stereocenters. The fourth-order valence-electron chi connectivity index (χ4n) is 2.58. The minimum atomic E-state index is -0.502. The van der Waals surface area contributed by atoms with Gasteiger partial charge in [-0.2, -0.15) is 0 Å². The Balaban J connectivity index is 0.000000602. The molecular formula is C24H30Br2O6. The van der Waals surface area contributed by atoms with Crippen molar-refractivity contribution in [1.29, 1.82) is 0 Å². The van der Waals surface area contributed by atoms with Crippen LogP contribution in [0.5, 0.6) is 23.0 Å². The van der Waals surface area contributed by atoms with E-state index in [0.29, 0.717) is 23.0 Å². The average Bonchev–Trinajstić information content (AvgIpc) is 2.75. The monoisotopic (exact) mass is 572 g/mol. The van der Waals surface area contributed by atoms with Crippen LogP contribution in [0.3, 0.4) is 0 Å². The van der Waals surface area contributed by atoms with Crippen molar-refractivity contribution in [3.8, 4) is 23.0 Å². The predicted octanol–water partition coefficient (Wildman–Crippen LogP) is 6.17. The molecule has 1 N–H and O–H groups in total. The maximum absolute atomic E-state index is 10.9. The van der Waals surface area contributed by atoms with E-state index in [1.807, 2.05) is 24.3 Å². The molecule has 0 aliphatic heterocycles. The van der Waals surface area contributed by atoms with Gasteiger partial charge in [-0.3, -0.25) is 4.79 Å². The lowest BCUT2D eigenvalue weighted by atomic mass is 10.1. The van der Waals surface area contributed by atoms with Gasteiger partial charge < -0.3 is 24.1 Å². The number of methoxy groups -OCH3 is 4. The Labute approximate surface area is 207 Å². The Bertz CT molecular complexity index is 923. The van der Waals surface area contributed by atoms with Crippen molar-refractivity contribution in [3.05, 3.63) is 56.5 Å². The number of carbonyl (C=O) groups excluding carboxylic acids is 1. The van der Waals surface area contributed by atoms with Crippen LogP contribution < -0.4 is 18.9 Å². The Hall–Kier alpha value is -2.29. The summed E-state index contributed by atoms with van der Waals surface area (Å²) in [7, 11) is 6.35. The summed E-state index contributed by atoms with van der Waals surface area (Å²) < 4.78 is 22.7. The number of allylic oxidation sites excluding steroid dienone is 1. The van der Waals surface area contributed by atoms with E-state index in [1.54, 1.807) is 53.6 Å². The third-order valence-electron chi connectivity index (χ3n) is 4.04. The van der Waals surface area contributed by atoms with Gasteiger partial charge in [-0.05, 0) is 56.3 Å². The first kappa shape index (κ1) is 27.7. The van der Waals surface area contributed by atoms with Crippen molar-refractivity contribution in [1.82, 2.24) is 0 Å². The topological polar surface area (TPSA) is 74.2 Å². The summed E-state index contributed by atoms with van der Waals surface area (Å²) in [6.07, 6.45) is 6.13. The van der Waals surface area contributed by atoms with Crippen LogP contribution in [0.1, 0.15) is 26.4 Å². The molecule has 0 amide bonds. The fourth-order valence-corrected chi connectivity index (χ4v) is 3.41. The molecule has 0 spiro atoms. The first-order chi connectivity index (χ1) is 15.2. The summed E-state index contributed by atoms with van der Waals surface area (Å²) >= 11 is 6.73. The van der Waals surface area contributed by atoms with Gasteiger partial charge in [0.25, 0.3) is 0 Å². The Morgan fingerprint density at radius 3 is 1.47 bits per heavy atom. The molecule has 0 bridgehead atoms. The molecule has 2 aromatic carbocycles. The first-order valence-electron chi connectivity index (χ1n) is 9.54. The molecule has 2 rings (SSSR count). The van der Waals surface area contributed by atoms with Gasteiger partial charge in [0, 0.05) is 10.4 Å². The van der Waals surface area contributed by atoms with Crippen molar-refractivity contribution in [2.24, 2.45) is 0 Å². The van der Waals surface area contributed by atoms with E-state index >= 15 is 0 Å². The van der Waals surface area contributed by atoms with Gasteiger partial charge in [-0.25, -0.2) is 0 Å². The molecule has 0 aliphatic carbocycles. The van der Waals surface area contributed by atoms with Gasteiger partial charge in [0.15, 0.2) is 5.78 Å². The SMILES string of the molecule is COc1cc(Br)cc(OC)c1/C=C/C(C)=O.COc1cc(Br)cc(OC)c1/C=C/[C@H](C)O.[HH]. The lowest BCUT2D eigenvalue weighted by Gasteiger charge is -2.11. The number of ether oxygens (including phenoxy) is 4. The minimum absolute atomic E-state index is 0. The van der Waals surface area contributed by atoms with Crippen LogP contribution in [0, 0.1) is 0 Å². The highest BCUT2D eigenvalue weighted by Gasteiger charge is 2.10. The molecule has 0 saturated carbocycles. The zero-order valence-corrected chi connectivity index (χ0v) is 22.1. The Morgan fingerprint density at radius 2 is 1.19 bits per heavy atom. The largest absolute Gasteiger partial charge is 0.496 e. The highest BCUT2D eigenvalue weighted by molar-refractivity contribution is 9.10. The number of carbonyl (C=O) groups is 1. The molecule has 0 heterocycles. The maximum Gasteiger partial charge on any atom is 0.152 e. The smallest absolute Gasteiger partial charge is 0.152 e. The minimum Gasteiger partial charge on any atom is -0.496 e. The van der Waals surface area contributed by atoms with Gasteiger partial charge in [0.2, 0.25) is 0 Å². The van der Waals surface area contributed by atoms with E-state index in [-0.39, 0.29) is 7.21 Å². The summed E-state index contributed by atoms with van der Waals surface area (Å²) in [6.45, 7) is 3.18. The molecule has 6 nitrogen and oxygen atoms in total. The molecule has 0 unspecified atom stereocenters. The second-order valence-corrected chi connectivity index (χ2v) is 8.32. The third kappa shape index (κ3) is 8.68. The summed E-state index contributed by atoms with van der Waals surface area (Å²) in [5.74, 6) is 2.69. The molecule has 176 valence electrons. The van der Waals surface area contributed by atoms with Gasteiger partial charge in [-0.15, -0.1) is 0 Å². The van der Waals surface area contributed by atoms with Crippen LogP contribution in [-0.4, -0.2) is 45.4 Å². The van der Waals surface area contributed by atoms with Crippen LogP contribution in [0.2, 0.25) is 0 Å². The number of hydrogen-bond acceptors (Lipinski definition) is 6. The maximum atomic E-state index is 10.9. The normalized spacial score (nSPS) is 11.7. The van der Waals surface area contributed by atoms with Crippen LogP contribution in [0.25, 0.3) is 12.2 Å². The van der Waals surface area contributed by atoms with Crippen LogP contribution in [0.4, 0.5) is 0 Å². The summed E-state index contributed by atoms with van der Waals surface area (Å²) in [5.41, 5.74) is 1.57. The van der Waals surface area contributed by atoms with E-state index in [9.17, 15) is 9.90 Å². The molecule has 2 aromatic rings. The number of rotatable bonds is 8. The van der Waals surface area contributed by atoms with Crippen molar-refractivity contribution in [3.63, 3.8) is 0 Å². The average molecular weight is 574 g/mol. The van der Waals surface area contributed by atoms with Crippen molar-refractivity contribution >= 4 is 49.8 Å². The van der Waals surface area contributed by atoms with Gasteiger partial charge >= 0.3 is 0 Å². The first-order valence-corrected chi connectivity index (χ1v) is 11.1. The van der Waals surface area contributed by atoms with Crippen molar-refractivity contribution in [2.45, 2.75) is 20.0 Å². The second-order valence-electron chi connectivity index (χ2n) is 6.49. The highest BCUT2D eigenvalue weighted by atomic mass is 79.9. The summed E-state index contributed by atoms with van der Waals surface area (Å²) in [5, 5.41) is 9.22. The zero-order chi connectivity index (χ0) is 24.3. The van der Waals surface area contributed by atoms with Crippen LogP contribution >= 0.6 is 31.9 Å². The van der Waals surface area contributed by atoms with E-state index in [4.69, 9.17) is 18.9 Å². The fraction of sp³-hybridized carbons (Fsp3) is 0.292. The van der Waals surface area contributed by atoms with Gasteiger partial charge in [-0.1, -0.05) is 37.9 Å². The summed E-state index contributed by atoms with van der Waals surface area (Å²) in [6, 6.07) is 7.35. The molecule has 0 aliphatic rings. The highest BCUT2D eigenvalue weighted by Crippen LogP contribution is 2.35. The van der Waals surface area contributed by atoms with Crippen molar-refractivity contribution in [2.75, 3.05) is 28.4 Å². The Kier molecular flexibility index (Phi) is 12.1. The zero-order valence-electron chi connectivity index (χ0n) is 18.9. The molecule has 0 fully saturated rings. The van der Waals surface area contributed by atoms with E-state index in [0.717, 1.165) is 20.1 Å². The molecule has 8 heteroatoms. The van der Waals surface area contributed by atoms with E-state index < -0.39 is 6.10 Å². The number of hydrogen-bond donors (Lipinski definition) is 1. The van der Waals surface area contributed by atoms with E-state index in [1.165, 1.54) is 13.0 Å². The predicted molar refractivity (Wildman–Crippen MR) is 137 cm³/mol. The number of aliphatic hydroxyl groups is 1.